The minimum Gasteiger partial charge on any atom is -0.0890 e. The van der Waals surface area contributed by atoms with Gasteiger partial charge >= 0.3 is 0 Å². The molecule has 0 aliphatic rings. The zero-order valence-corrected chi connectivity index (χ0v) is 8.36. The van der Waals surface area contributed by atoms with E-state index in [0.29, 0.717) is 0 Å². The molecule has 0 fully saturated rings. The Bertz CT molecular complexity index is 74.0. The average Bonchev–Trinajstić information content (AvgIpc) is 1.89. The molecule has 0 aromatic carbocycles. The molecule has 11 heavy (non-hydrogen) atoms. The molecule has 0 heterocycles. The first-order valence-electron chi connectivity index (χ1n) is 4.14. The number of allylic oxidation sites excluding steroid dienone is 2. The predicted octanol–water partition coefficient (Wildman–Crippen LogP) is 4.66. The van der Waals surface area contributed by atoms with Crippen LogP contribution in [0.5, 0.6) is 0 Å². The van der Waals surface area contributed by atoms with Crippen LogP contribution in [0, 0.1) is 5.92 Å². The van der Waals surface area contributed by atoms with Gasteiger partial charge < -0.3 is 0 Å². The van der Waals surface area contributed by atoms with E-state index < -0.39 is 0 Å². The molecule has 0 atom stereocenters. The fraction of sp³-hybridized carbons (Fsp3) is 0.818. The summed E-state index contributed by atoms with van der Waals surface area (Å²) in [5.74, 6) is 0.884. The summed E-state index contributed by atoms with van der Waals surface area (Å²) in [7, 11) is 0. The van der Waals surface area contributed by atoms with E-state index in [9.17, 15) is 0 Å². The zero-order chi connectivity index (χ0) is 8.57. The van der Waals surface area contributed by atoms with Crippen molar-refractivity contribution in [3.63, 3.8) is 0 Å². The van der Waals surface area contributed by atoms with Crippen LogP contribution in [0.15, 0.2) is 11.6 Å². The molecule has 0 aromatic rings. The molecule has 0 aliphatic carbocycles. The Labute approximate surface area is 73.7 Å². The van der Waals surface area contributed by atoms with Crippen LogP contribution in [-0.2, 0) is 0 Å². The van der Waals surface area contributed by atoms with Crippen LogP contribution >= 0.6 is 0 Å². The van der Waals surface area contributed by atoms with Crippen LogP contribution in [0.25, 0.3) is 0 Å². The van der Waals surface area contributed by atoms with Crippen LogP contribution in [0.1, 0.15) is 55.4 Å². The lowest BCUT2D eigenvalue weighted by molar-refractivity contribution is 0.626. The second-order valence-corrected chi connectivity index (χ2v) is 3.17. The summed E-state index contributed by atoms with van der Waals surface area (Å²) in [6, 6.07) is 0. The second-order valence-electron chi connectivity index (χ2n) is 3.17. The van der Waals surface area contributed by atoms with Crippen molar-refractivity contribution in [2.45, 2.75) is 55.4 Å². The van der Waals surface area contributed by atoms with Crippen LogP contribution < -0.4 is 0 Å². The molecule has 0 heteroatoms. The van der Waals surface area contributed by atoms with Crippen LogP contribution in [0.3, 0.4) is 0 Å². The summed E-state index contributed by atoms with van der Waals surface area (Å²) in [5, 5.41) is 0. The Morgan fingerprint density at radius 2 is 1.45 bits per heavy atom. The normalized spacial score (nSPS) is 7.55. The number of hydrogen-bond acceptors (Lipinski definition) is 0. The van der Waals surface area contributed by atoms with Gasteiger partial charge in [0.05, 0.1) is 0 Å². The SMILES string of the molecule is C.CC=C(C)C.CCC(C)C. The monoisotopic (exact) mass is 158 g/mol. The Balaban J connectivity index is -0.000000107. The standard InChI is InChI=1S/C5H12.C5H10.CH4/c2*1-4-5(2)3;/h5H,4H2,1-3H3;4H,1-3H3;1H4. The first kappa shape index (κ1) is 17.0. The molecule has 0 amide bonds. The Hall–Kier alpha value is -0.260. The molecular formula is C11H26. The molecule has 70 valence electrons. The highest BCUT2D eigenvalue weighted by atomic mass is 13.9. The lowest BCUT2D eigenvalue weighted by Crippen LogP contribution is -1.77. The molecule has 0 N–H and O–H groups in total. The molecule has 0 aromatic heterocycles. The third kappa shape index (κ3) is 41.7. The molecule has 0 spiro atoms. The van der Waals surface area contributed by atoms with E-state index in [1.165, 1.54) is 12.0 Å². The number of hydrogen-bond donors (Lipinski definition) is 0. The van der Waals surface area contributed by atoms with Crippen molar-refractivity contribution < 1.29 is 0 Å². The molecule has 0 saturated heterocycles. The third-order valence-electron chi connectivity index (χ3n) is 1.39. The van der Waals surface area contributed by atoms with E-state index >= 15 is 0 Å². The van der Waals surface area contributed by atoms with Gasteiger partial charge in [0.1, 0.15) is 0 Å². The first-order valence-corrected chi connectivity index (χ1v) is 4.14. The molecule has 0 rings (SSSR count). The smallest absolute Gasteiger partial charge is 0.0442 e. The van der Waals surface area contributed by atoms with Gasteiger partial charge in [-0.2, -0.15) is 0 Å². The summed E-state index contributed by atoms with van der Waals surface area (Å²) in [6.45, 7) is 12.8. The largest absolute Gasteiger partial charge is 0.0890 e. The quantitative estimate of drug-likeness (QED) is 0.487. The van der Waals surface area contributed by atoms with Gasteiger partial charge in [-0.1, -0.05) is 46.3 Å². The zero-order valence-electron chi connectivity index (χ0n) is 8.36. The van der Waals surface area contributed by atoms with Gasteiger partial charge in [-0.15, -0.1) is 0 Å². The fourth-order valence-electron chi connectivity index (χ4n) is 0. The first-order chi connectivity index (χ1) is 4.54. The van der Waals surface area contributed by atoms with Crippen molar-refractivity contribution >= 4 is 0 Å². The summed E-state index contributed by atoms with van der Waals surface area (Å²) >= 11 is 0. The maximum atomic E-state index is 2.22. The summed E-state index contributed by atoms with van der Waals surface area (Å²) in [6.07, 6.45) is 3.39. The molecule has 0 unspecified atom stereocenters. The topological polar surface area (TPSA) is 0 Å². The Kier molecular flexibility index (Phi) is 19.2. The van der Waals surface area contributed by atoms with E-state index in [4.69, 9.17) is 0 Å². The van der Waals surface area contributed by atoms with Crippen LogP contribution in [-0.4, -0.2) is 0 Å². The van der Waals surface area contributed by atoms with Gasteiger partial charge in [0.25, 0.3) is 0 Å². The summed E-state index contributed by atoms with van der Waals surface area (Å²) in [5.41, 5.74) is 1.38. The predicted molar refractivity (Wildman–Crippen MR) is 57.0 cm³/mol. The van der Waals surface area contributed by atoms with Gasteiger partial charge in [-0.05, 0) is 26.7 Å². The Morgan fingerprint density at radius 3 is 1.45 bits per heavy atom. The second kappa shape index (κ2) is 12.4. The Morgan fingerprint density at radius 1 is 1.27 bits per heavy atom. The van der Waals surface area contributed by atoms with Crippen molar-refractivity contribution in [3.8, 4) is 0 Å². The molecule has 0 aliphatic heterocycles. The van der Waals surface area contributed by atoms with Crippen molar-refractivity contribution in [1.29, 1.82) is 0 Å². The summed E-state index contributed by atoms with van der Waals surface area (Å²) in [4.78, 5) is 0. The van der Waals surface area contributed by atoms with Gasteiger partial charge in [0.2, 0.25) is 0 Å². The maximum Gasteiger partial charge on any atom is -0.0442 e. The van der Waals surface area contributed by atoms with Gasteiger partial charge in [-0.25, -0.2) is 0 Å². The number of rotatable bonds is 1. The molecule has 0 saturated carbocycles. The van der Waals surface area contributed by atoms with Crippen LogP contribution in [0.4, 0.5) is 0 Å². The van der Waals surface area contributed by atoms with Crippen molar-refractivity contribution in [2.24, 2.45) is 5.92 Å². The fourth-order valence-corrected chi connectivity index (χ4v) is 0. The summed E-state index contributed by atoms with van der Waals surface area (Å²) < 4.78 is 0. The minimum atomic E-state index is 0. The third-order valence-corrected chi connectivity index (χ3v) is 1.39. The lowest BCUT2D eigenvalue weighted by atomic mass is 10.2. The van der Waals surface area contributed by atoms with E-state index in [1.54, 1.807) is 0 Å². The molecule has 0 bridgehead atoms. The van der Waals surface area contributed by atoms with E-state index in [1.807, 2.05) is 6.92 Å². The highest BCUT2D eigenvalue weighted by molar-refractivity contribution is 4.88. The van der Waals surface area contributed by atoms with Crippen LogP contribution in [0.2, 0.25) is 0 Å². The molecule has 0 radical (unpaired) electrons. The van der Waals surface area contributed by atoms with Gasteiger partial charge in [0, 0.05) is 0 Å². The maximum absolute atomic E-state index is 2.22. The van der Waals surface area contributed by atoms with Crippen molar-refractivity contribution in [3.05, 3.63) is 11.6 Å². The van der Waals surface area contributed by atoms with Crippen molar-refractivity contribution in [2.75, 3.05) is 0 Å². The minimum absolute atomic E-state index is 0. The highest BCUT2D eigenvalue weighted by Gasteiger charge is 1.80. The van der Waals surface area contributed by atoms with E-state index in [-0.39, 0.29) is 7.43 Å². The van der Waals surface area contributed by atoms with E-state index in [2.05, 4.69) is 40.7 Å². The van der Waals surface area contributed by atoms with Gasteiger partial charge in [0.15, 0.2) is 0 Å². The van der Waals surface area contributed by atoms with Gasteiger partial charge in [-0.3, -0.25) is 0 Å². The van der Waals surface area contributed by atoms with E-state index in [0.717, 1.165) is 5.92 Å². The van der Waals surface area contributed by atoms with Crippen molar-refractivity contribution in [1.82, 2.24) is 0 Å². The molecular weight excluding hydrogens is 132 g/mol. The highest BCUT2D eigenvalue weighted by Crippen LogP contribution is 1.93. The molecule has 0 nitrogen and oxygen atoms in total. The average molecular weight is 158 g/mol. The lowest BCUT2D eigenvalue weighted by Gasteiger charge is -1.90.